The van der Waals surface area contributed by atoms with Crippen LogP contribution in [0.15, 0.2) is 73.1 Å². The second-order valence-electron chi connectivity index (χ2n) is 6.69. The van der Waals surface area contributed by atoms with Gasteiger partial charge >= 0.3 is 0 Å². The molecule has 5 aromatic rings. The molecule has 146 valence electrons. The predicted octanol–water partition coefficient (Wildman–Crippen LogP) is 4.50. The van der Waals surface area contributed by atoms with E-state index in [1.54, 1.807) is 17.5 Å². The number of rotatable bonds is 4. The predicted molar refractivity (Wildman–Crippen MR) is 117 cm³/mol. The van der Waals surface area contributed by atoms with Gasteiger partial charge in [-0.25, -0.2) is 9.97 Å². The number of pyridine rings is 1. The van der Waals surface area contributed by atoms with Gasteiger partial charge in [0, 0.05) is 17.4 Å². The van der Waals surface area contributed by atoms with Gasteiger partial charge < -0.3 is 5.32 Å². The molecule has 1 N–H and O–H groups in total. The fourth-order valence-electron chi connectivity index (χ4n) is 3.07. The Hall–Kier alpha value is -3.91. The summed E-state index contributed by atoms with van der Waals surface area (Å²) in [5, 5.41) is 12.3. The van der Waals surface area contributed by atoms with Gasteiger partial charge in [0.25, 0.3) is 5.91 Å². The molecule has 0 atom stereocenters. The minimum absolute atomic E-state index is 0.250. The summed E-state index contributed by atoms with van der Waals surface area (Å²) in [5.41, 5.74) is 4.57. The van der Waals surface area contributed by atoms with Gasteiger partial charge in [0.1, 0.15) is 15.4 Å². The average molecular weight is 412 g/mol. The van der Waals surface area contributed by atoms with Crippen LogP contribution in [0.1, 0.15) is 16.1 Å². The molecule has 8 heteroatoms. The van der Waals surface area contributed by atoms with Crippen molar-refractivity contribution in [3.05, 3.63) is 84.3 Å². The Morgan fingerprint density at radius 3 is 2.73 bits per heavy atom. The lowest BCUT2D eigenvalue weighted by Gasteiger charge is -2.08. The van der Waals surface area contributed by atoms with Crippen LogP contribution < -0.4 is 5.32 Å². The highest BCUT2D eigenvalue weighted by Crippen LogP contribution is 2.31. The lowest BCUT2D eigenvalue weighted by atomic mass is 10.1. The molecule has 5 rings (SSSR count). The molecule has 0 radical (unpaired) electrons. The standard InChI is InChI=1S/C22H16N6OS/c1-14-12-15(21-26-18-8-5-11-23-22(18)30-21)9-10-17(14)25-20(29)19-13-24-28(27-19)16-6-3-2-4-7-16/h2-13H,1H3,(H,25,29). The van der Waals surface area contributed by atoms with Crippen LogP contribution in [0.2, 0.25) is 0 Å². The number of aryl methyl sites for hydroxylation is 1. The second-order valence-corrected chi connectivity index (χ2v) is 7.66. The number of nitrogens with one attached hydrogen (secondary N) is 1. The molecule has 1 amide bonds. The minimum Gasteiger partial charge on any atom is -0.320 e. The maximum atomic E-state index is 12.6. The van der Waals surface area contributed by atoms with E-state index in [2.05, 4.69) is 25.5 Å². The fourth-order valence-corrected chi connectivity index (χ4v) is 3.97. The van der Waals surface area contributed by atoms with Crippen LogP contribution in [0.3, 0.4) is 0 Å². The molecule has 2 aromatic carbocycles. The molecule has 3 heterocycles. The van der Waals surface area contributed by atoms with Gasteiger partial charge in [-0.05, 0) is 55.0 Å². The number of hydrogen-bond acceptors (Lipinski definition) is 6. The molecule has 30 heavy (non-hydrogen) atoms. The van der Waals surface area contributed by atoms with Gasteiger partial charge in [0.15, 0.2) is 5.69 Å². The number of nitrogens with zero attached hydrogens (tertiary/aromatic N) is 5. The van der Waals surface area contributed by atoms with Crippen molar-refractivity contribution in [2.45, 2.75) is 6.92 Å². The van der Waals surface area contributed by atoms with Gasteiger partial charge in [-0.15, -0.1) is 5.10 Å². The van der Waals surface area contributed by atoms with E-state index in [4.69, 9.17) is 0 Å². The van der Waals surface area contributed by atoms with Crippen molar-refractivity contribution in [3.8, 4) is 16.3 Å². The summed E-state index contributed by atoms with van der Waals surface area (Å²) in [7, 11) is 0. The number of amides is 1. The number of benzene rings is 2. The summed E-state index contributed by atoms with van der Waals surface area (Å²) in [5.74, 6) is -0.308. The molecule has 0 bridgehead atoms. The molecular weight excluding hydrogens is 396 g/mol. The maximum Gasteiger partial charge on any atom is 0.277 e. The van der Waals surface area contributed by atoms with E-state index >= 15 is 0 Å². The van der Waals surface area contributed by atoms with Crippen LogP contribution in [0.25, 0.3) is 26.6 Å². The van der Waals surface area contributed by atoms with E-state index < -0.39 is 0 Å². The highest BCUT2D eigenvalue weighted by atomic mass is 32.1. The number of hydrogen-bond donors (Lipinski definition) is 1. The van der Waals surface area contributed by atoms with Gasteiger partial charge in [-0.2, -0.15) is 9.90 Å². The first-order chi connectivity index (χ1) is 14.7. The van der Waals surface area contributed by atoms with Crippen LogP contribution in [0, 0.1) is 6.92 Å². The van der Waals surface area contributed by atoms with E-state index in [0.717, 1.165) is 37.9 Å². The molecule has 0 unspecified atom stereocenters. The summed E-state index contributed by atoms with van der Waals surface area (Å²) < 4.78 is 0. The smallest absolute Gasteiger partial charge is 0.277 e. The third-order valence-electron chi connectivity index (χ3n) is 4.60. The Morgan fingerprint density at radius 2 is 1.93 bits per heavy atom. The van der Waals surface area contributed by atoms with E-state index in [9.17, 15) is 4.79 Å². The summed E-state index contributed by atoms with van der Waals surface area (Å²) in [4.78, 5) is 24.0. The number of anilines is 1. The van der Waals surface area contributed by atoms with E-state index in [-0.39, 0.29) is 11.6 Å². The van der Waals surface area contributed by atoms with Crippen LogP contribution in [0.5, 0.6) is 0 Å². The van der Waals surface area contributed by atoms with Crippen molar-refractivity contribution < 1.29 is 4.79 Å². The lowest BCUT2D eigenvalue weighted by molar-refractivity contribution is 0.102. The zero-order valence-electron chi connectivity index (χ0n) is 16.0. The number of para-hydroxylation sites is 1. The highest BCUT2D eigenvalue weighted by Gasteiger charge is 2.14. The Bertz CT molecular complexity index is 1330. The molecule has 0 spiro atoms. The normalized spacial score (nSPS) is 11.0. The SMILES string of the molecule is Cc1cc(-c2nc3cccnc3s2)ccc1NC(=O)c1cnn(-c2ccccc2)n1. The monoisotopic (exact) mass is 412 g/mol. The van der Waals surface area contributed by atoms with E-state index in [1.807, 2.05) is 67.6 Å². The van der Waals surface area contributed by atoms with Gasteiger partial charge in [-0.1, -0.05) is 29.5 Å². The molecule has 0 saturated heterocycles. The topological polar surface area (TPSA) is 85.6 Å². The van der Waals surface area contributed by atoms with Gasteiger partial charge in [0.2, 0.25) is 0 Å². The third-order valence-corrected chi connectivity index (χ3v) is 5.63. The van der Waals surface area contributed by atoms with E-state index in [1.165, 1.54) is 11.0 Å². The van der Waals surface area contributed by atoms with E-state index in [0.29, 0.717) is 0 Å². The van der Waals surface area contributed by atoms with Crippen molar-refractivity contribution in [2.24, 2.45) is 0 Å². The molecule has 0 fully saturated rings. The molecule has 0 aliphatic heterocycles. The van der Waals surface area contributed by atoms with Crippen LogP contribution in [-0.4, -0.2) is 30.9 Å². The molecule has 0 aliphatic carbocycles. The highest BCUT2D eigenvalue weighted by molar-refractivity contribution is 7.21. The lowest BCUT2D eigenvalue weighted by Crippen LogP contribution is -2.14. The first-order valence-corrected chi connectivity index (χ1v) is 10.1. The summed E-state index contributed by atoms with van der Waals surface area (Å²) in [6.45, 7) is 1.95. The van der Waals surface area contributed by atoms with Crippen LogP contribution >= 0.6 is 11.3 Å². The molecular formula is C22H16N6OS. The Kier molecular flexibility index (Phi) is 4.53. The Morgan fingerprint density at radius 1 is 1.07 bits per heavy atom. The third kappa shape index (κ3) is 3.44. The van der Waals surface area contributed by atoms with Crippen molar-refractivity contribution in [1.29, 1.82) is 0 Å². The summed E-state index contributed by atoms with van der Waals surface area (Å²) in [6.07, 6.45) is 3.22. The number of thiazole rings is 1. The van der Waals surface area contributed by atoms with Crippen molar-refractivity contribution in [3.63, 3.8) is 0 Å². The maximum absolute atomic E-state index is 12.6. The Labute approximate surface area is 176 Å². The average Bonchev–Trinajstić information content (AvgIpc) is 3.43. The zero-order valence-corrected chi connectivity index (χ0v) is 16.8. The molecule has 7 nitrogen and oxygen atoms in total. The minimum atomic E-state index is -0.308. The van der Waals surface area contributed by atoms with Crippen molar-refractivity contribution in [2.75, 3.05) is 5.32 Å². The quantitative estimate of drug-likeness (QED) is 0.470. The number of aromatic nitrogens is 5. The molecule has 3 aromatic heterocycles. The first-order valence-electron chi connectivity index (χ1n) is 9.29. The largest absolute Gasteiger partial charge is 0.320 e. The van der Waals surface area contributed by atoms with Crippen LogP contribution in [-0.2, 0) is 0 Å². The van der Waals surface area contributed by atoms with Crippen molar-refractivity contribution >= 4 is 33.3 Å². The van der Waals surface area contributed by atoms with Gasteiger partial charge in [0.05, 0.1) is 11.9 Å². The number of fused-ring (bicyclic) bond motifs is 1. The summed E-state index contributed by atoms with van der Waals surface area (Å²) >= 11 is 1.55. The second kappa shape index (κ2) is 7.49. The van der Waals surface area contributed by atoms with Gasteiger partial charge in [-0.3, -0.25) is 4.79 Å². The fraction of sp³-hybridized carbons (Fsp3) is 0.0455. The van der Waals surface area contributed by atoms with Crippen molar-refractivity contribution in [1.82, 2.24) is 25.0 Å². The summed E-state index contributed by atoms with van der Waals surface area (Å²) in [6, 6.07) is 19.1. The molecule has 0 aliphatic rings. The Balaban J connectivity index is 1.36. The van der Waals surface area contributed by atoms with Crippen LogP contribution in [0.4, 0.5) is 5.69 Å². The first kappa shape index (κ1) is 18.1. The molecule has 0 saturated carbocycles. The zero-order chi connectivity index (χ0) is 20.5. The number of carbonyl (C=O) groups excluding carboxylic acids is 1. The number of carbonyl (C=O) groups is 1.